The summed E-state index contributed by atoms with van der Waals surface area (Å²) >= 11 is 0. The minimum Gasteiger partial charge on any atom is -0.366 e. The van der Waals surface area contributed by atoms with Crippen LogP contribution in [0.3, 0.4) is 0 Å². The van der Waals surface area contributed by atoms with Crippen molar-refractivity contribution in [2.75, 3.05) is 4.90 Å². The summed E-state index contributed by atoms with van der Waals surface area (Å²) in [4.78, 5) is 2.31. The van der Waals surface area contributed by atoms with E-state index >= 15 is 0 Å². The Bertz CT molecular complexity index is 546. The van der Waals surface area contributed by atoms with E-state index in [1.165, 1.54) is 16.9 Å². The summed E-state index contributed by atoms with van der Waals surface area (Å²) < 4.78 is 0. The highest BCUT2D eigenvalue weighted by Crippen LogP contribution is 2.32. The number of allylic oxidation sites excluding steroid dienone is 1. The van der Waals surface area contributed by atoms with Gasteiger partial charge in [0.05, 0.1) is 0 Å². The molecular formula is C16H16N2. The number of rotatable bonds is 2. The summed E-state index contributed by atoms with van der Waals surface area (Å²) in [6, 6.07) is 21.0. The summed E-state index contributed by atoms with van der Waals surface area (Å²) in [7, 11) is 0. The Hall–Kier alpha value is -2.22. The molecule has 0 bridgehead atoms. The second-order valence-electron chi connectivity index (χ2n) is 4.47. The minimum atomic E-state index is 0.189. The van der Waals surface area contributed by atoms with Crippen LogP contribution < -0.4 is 10.2 Å². The highest BCUT2D eigenvalue weighted by molar-refractivity contribution is 5.55. The third-order valence-electron chi connectivity index (χ3n) is 3.24. The van der Waals surface area contributed by atoms with E-state index in [4.69, 9.17) is 0 Å². The number of hydrogen-bond donors (Lipinski definition) is 1. The number of para-hydroxylation sites is 1. The second kappa shape index (κ2) is 4.57. The lowest BCUT2D eigenvalue weighted by molar-refractivity contribution is 0.660. The number of nitrogens with one attached hydrogen (secondary N) is 1. The molecule has 1 aliphatic heterocycles. The zero-order chi connectivity index (χ0) is 12.4. The van der Waals surface area contributed by atoms with Crippen molar-refractivity contribution in [2.24, 2.45) is 0 Å². The van der Waals surface area contributed by atoms with Crippen LogP contribution in [0.5, 0.6) is 0 Å². The predicted octanol–water partition coefficient (Wildman–Crippen LogP) is 3.66. The van der Waals surface area contributed by atoms with Gasteiger partial charge in [0.1, 0.15) is 6.17 Å². The lowest BCUT2D eigenvalue weighted by Gasteiger charge is -2.28. The van der Waals surface area contributed by atoms with E-state index in [0.717, 1.165) is 0 Å². The topological polar surface area (TPSA) is 15.3 Å². The van der Waals surface area contributed by atoms with Crippen LogP contribution in [-0.2, 0) is 0 Å². The largest absolute Gasteiger partial charge is 0.366 e. The first-order valence-corrected chi connectivity index (χ1v) is 6.18. The van der Waals surface area contributed by atoms with Crippen LogP contribution in [0.15, 0.2) is 72.6 Å². The van der Waals surface area contributed by atoms with Gasteiger partial charge >= 0.3 is 0 Å². The summed E-state index contributed by atoms with van der Waals surface area (Å²) in [6.07, 6.45) is 2.26. The molecule has 0 radical (unpaired) electrons. The number of anilines is 1. The van der Waals surface area contributed by atoms with Crippen molar-refractivity contribution in [1.29, 1.82) is 0 Å². The normalized spacial score (nSPS) is 18.4. The zero-order valence-corrected chi connectivity index (χ0v) is 10.4. The molecule has 2 aromatic carbocycles. The summed E-state index contributed by atoms with van der Waals surface area (Å²) in [6.45, 7) is 2.13. The van der Waals surface area contributed by atoms with Gasteiger partial charge in [0, 0.05) is 17.6 Å². The number of benzene rings is 2. The summed E-state index contributed by atoms with van der Waals surface area (Å²) in [5.74, 6) is 0. The maximum Gasteiger partial charge on any atom is 0.129 e. The molecule has 2 aromatic rings. The lowest BCUT2D eigenvalue weighted by atomic mass is 10.1. The van der Waals surface area contributed by atoms with E-state index < -0.39 is 0 Å². The molecule has 0 aromatic heterocycles. The third-order valence-corrected chi connectivity index (χ3v) is 3.24. The van der Waals surface area contributed by atoms with Crippen molar-refractivity contribution < 1.29 is 0 Å². The Kier molecular flexibility index (Phi) is 2.77. The molecule has 0 saturated heterocycles. The SMILES string of the molecule is CC1=CNC(c2ccccc2)N1c1ccccc1. The number of nitrogens with zero attached hydrogens (tertiary/aromatic N) is 1. The van der Waals surface area contributed by atoms with E-state index in [9.17, 15) is 0 Å². The van der Waals surface area contributed by atoms with Gasteiger partial charge in [0.15, 0.2) is 0 Å². The van der Waals surface area contributed by atoms with E-state index in [-0.39, 0.29) is 6.17 Å². The van der Waals surface area contributed by atoms with Crippen molar-refractivity contribution in [3.05, 3.63) is 78.1 Å². The Morgan fingerprint density at radius 2 is 1.50 bits per heavy atom. The molecule has 0 saturated carbocycles. The maximum atomic E-state index is 3.44. The van der Waals surface area contributed by atoms with Crippen molar-refractivity contribution in [1.82, 2.24) is 5.32 Å². The summed E-state index contributed by atoms with van der Waals surface area (Å²) in [5.41, 5.74) is 3.72. The molecule has 0 fully saturated rings. The average Bonchev–Trinajstić information content (AvgIpc) is 2.83. The molecule has 1 atom stereocenters. The lowest BCUT2D eigenvalue weighted by Crippen LogP contribution is -2.28. The molecule has 1 heterocycles. The van der Waals surface area contributed by atoms with Crippen LogP contribution in [-0.4, -0.2) is 0 Å². The molecule has 2 nitrogen and oxygen atoms in total. The molecule has 18 heavy (non-hydrogen) atoms. The molecular weight excluding hydrogens is 220 g/mol. The smallest absolute Gasteiger partial charge is 0.129 e. The first-order valence-electron chi connectivity index (χ1n) is 6.18. The van der Waals surface area contributed by atoms with Crippen molar-refractivity contribution >= 4 is 5.69 Å². The van der Waals surface area contributed by atoms with Gasteiger partial charge in [0.2, 0.25) is 0 Å². The van der Waals surface area contributed by atoms with Crippen LogP contribution in [0.4, 0.5) is 5.69 Å². The molecule has 90 valence electrons. The highest BCUT2D eigenvalue weighted by atomic mass is 15.3. The second-order valence-corrected chi connectivity index (χ2v) is 4.47. The van der Waals surface area contributed by atoms with Crippen LogP contribution in [0.25, 0.3) is 0 Å². The van der Waals surface area contributed by atoms with Crippen molar-refractivity contribution in [3.63, 3.8) is 0 Å². The summed E-state index contributed by atoms with van der Waals surface area (Å²) in [5, 5.41) is 3.44. The van der Waals surface area contributed by atoms with E-state index in [1.807, 2.05) is 12.1 Å². The first kappa shape index (κ1) is 10.9. The monoisotopic (exact) mass is 236 g/mol. The molecule has 0 amide bonds. The Morgan fingerprint density at radius 3 is 2.17 bits per heavy atom. The van der Waals surface area contributed by atoms with Gasteiger partial charge in [-0.25, -0.2) is 0 Å². The molecule has 1 unspecified atom stereocenters. The van der Waals surface area contributed by atoms with Gasteiger partial charge in [-0.05, 0) is 24.6 Å². The predicted molar refractivity (Wildman–Crippen MR) is 75.0 cm³/mol. The Morgan fingerprint density at radius 1 is 0.889 bits per heavy atom. The van der Waals surface area contributed by atoms with E-state index in [2.05, 4.69) is 71.9 Å². The van der Waals surface area contributed by atoms with E-state index in [1.54, 1.807) is 0 Å². The molecule has 3 rings (SSSR count). The van der Waals surface area contributed by atoms with Crippen molar-refractivity contribution in [3.8, 4) is 0 Å². The fraction of sp³-hybridized carbons (Fsp3) is 0.125. The molecule has 0 spiro atoms. The first-order chi connectivity index (χ1) is 8.86. The van der Waals surface area contributed by atoms with Crippen molar-refractivity contribution in [2.45, 2.75) is 13.1 Å². The highest BCUT2D eigenvalue weighted by Gasteiger charge is 2.25. The standard InChI is InChI=1S/C16H16N2/c1-13-12-17-16(14-8-4-2-5-9-14)18(13)15-10-6-3-7-11-15/h2-12,16-17H,1H3. The average molecular weight is 236 g/mol. The fourth-order valence-electron chi connectivity index (χ4n) is 2.37. The molecule has 1 aliphatic rings. The molecule has 2 heteroatoms. The van der Waals surface area contributed by atoms with Gasteiger partial charge < -0.3 is 10.2 Å². The van der Waals surface area contributed by atoms with E-state index in [0.29, 0.717) is 0 Å². The molecule has 0 aliphatic carbocycles. The van der Waals surface area contributed by atoms with Gasteiger partial charge in [0.25, 0.3) is 0 Å². The molecule has 1 N–H and O–H groups in total. The van der Waals surface area contributed by atoms with Crippen LogP contribution in [0, 0.1) is 0 Å². The quantitative estimate of drug-likeness (QED) is 0.856. The Labute approximate surface area is 108 Å². The fourth-order valence-corrected chi connectivity index (χ4v) is 2.37. The van der Waals surface area contributed by atoms with Crippen LogP contribution in [0.1, 0.15) is 18.7 Å². The Balaban J connectivity index is 1.98. The van der Waals surface area contributed by atoms with Gasteiger partial charge in [-0.3, -0.25) is 0 Å². The maximum absolute atomic E-state index is 3.44. The zero-order valence-electron chi connectivity index (χ0n) is 10.4. The van der Waals surface area contributed by atoms with Crippen LogP contribution in [0.2, 0.25) is 0 Å². The number of hydrogen-bond acceptors (Lipinski definition) is 2. The van der Waals surface area contributed by atoms with Gasteiger partial charge in [-0.1, -0.05) is 48.5 Å². The third kappa shape index (κ3) is 1.86. The van der Waals surface area contributed by atoms with Gasteiger partial charge in [-0.15, -0.1) is 0 Å². The minimum absolute atomic E-state index is 0.189. The van der Waals surface area contributed by atoms with Gasteiger partial charge in [-0.2, -0.15) is 0 Å². The van der Waals surface area contributed by atoms with Crippen LogP contribution >= 0.6 is 0 Å².